The molecule has 0 aromatic carbocycles. The molecule has 20 heavy (non-hydrogen) atoms. The van der Waals surface area contributed by atoms with Crippen LogP contribution in [0.15, 0.2) is 0 Å². The second kappa shape index (κ2) is 8.21. The van der Waals surface area contributed by atoms with Gasteiger partial charge in [-0.3, -0.25) is 19.4 Å². The third-order valence-electron chi connectivity index (χ3n) is 3.49. The lowest BCUT2D eigenvalue weighted by atomic mass is 10.1. The van der Waals surface area contributed by atoms with Crippen molar-refractivity contribution in [2.45, 2.75) is 20.8 Å². The van der Waals surface area contributed by atoms with Crippen molar-refractivity contribution >= 4 is 11.9 Å². The van der Waals surface area contributed by atoms with E-state index >= 15 is 0 Å². The molecule has 1 saturated heterocycles. The number of carboxylic acids is 1. The number of amides is 1. The van der Waals surface area contributed by atoms with E-state index in [0.717, 1.165) is 32.7 Å². The van der Waals surface area contributed by atoms with E-state index in [4.69, 9.17) is 5.11 Å². The molecule has 1 aliphatic rings. The first-order chi connectivity index (χ1) is 9.38. The predicted molar refractivity (Wildman–Crippen MR) is 77.5 cm³/mol. The summed E-state index contributed by atoms with van der Waals surface area (Å²) < 4.78 is 0. The van der Waals surface area contributed by atoms with E-state index in [1.807, 2.05) is 0 Å². The lowest BCUT2D eigenvalue weighted by Gasteiger charge is -2.35. The molecule has 0 radical (unpaired) electrons. The van der Waals surface area contributed by atoms with Gasteiger partial charge in [0.15, 0.2) is 0 Å². The van der Waals surface area contributed by atoms with E-state index in [0.29, 0.717) is 19.0 Å². The maximum absolute atomic E-state index is 11.7. The topological polar surface area (TPSA) is 72.9 Å². The number of rotatable bonds is 7. The minimum Gasteiger partial charge on any atom is -0.481 e. The minimum atomic E-state index is -0.750. The van der Waals surface area contributed by atoms with Crippen LogP contribution in [0.5, 0.6) is 0 Å². The van der Waals surface area contributed by atoms with Gasteiger partial charge in [0.1, 0.15) is 0 Å². The monoisotopic (exact) mass is 285 g/mol. The molecule has 1 atom stereocenters. The Balaban J connectivity index is 2.21. The van der Waals surface area contributed by atoms with Crippen LogP contribution < -0.4 is 5.32 Å². The number of nitrogens with one attached hydrogen (secondary N) is 1. The summed E-state index contributed by atoms with van der Waals surface area (Å²) in [6.07, 6.45) is 0. The molecule has 0 aliphatic carbocycles. The summed E-state index contributed by atoms with van der Waals surface area (Å²) >= 11 is 0. The van der Waals surface area contributed by atoms with Crippen LogP contribution >= 0.6 is 0 Å². The van der Waals surface area contributed by atoms with Crippen LogP contribution in [-0.4, -0.2) is 72.6 Å². The fourth-order valence-electron chi connectivity index (χ4n) is 2.17. The average molecular weight is 285 g/mol. The van der Waals surface area contributed by atoms with Gasteiger partial charge in [-0.15, -0.1) is 0 Å². The van der Waals surface area contributed by atoms with E-state index in [1.165, 1.54) is 0 Å². The highest BCUT2D eigenvalue weighted by molar-refractivity contribution is 5.78. The number of hydrogen-bond donors (Lipinski definition) is 2. The Morgan fingerprint density at radius 2 is 1.65 bits per heavy atom. The average Bonchev–Trinajstić information content (AvgIpc) is 2.38. The van der Waals surface area contributed by atoms with Crippen molar-refractivity contribution in [1.29, 1.82) is 0 Å². The summed E-state index contributed by atoms with van der Waals surface area (Å²) in [4.78, 5) is 26.8. The van der Waals surface area contributed by atoms with Gasteiger partial charge in [0.25, 0.3) is 0 Å². The highest BCUT2D eigenvalue weighted by Gasteiger charge is 2.22. The predicted octanol–water partition coefficient (Wildman–Crippen LogP) is 0.0969. The first kappa shape index (κ1) is 16.9. The van der Waals surface area contributed by atoms with Crippen LogP contribution in [0.2, 0.25) is 0 Å². The molecule has 1 aliphatic heterocycles. The first-order valence-electron chi connectivity index (χ1n) is 7.32. The molecule has 6 heteroatoms. The SMILES string of the molecule is CC(C)CNC(=O)CN1CCN(CC(C)C(=O)O)CC1. The summed E-state index contributed by atoms with van der Waals surface area (Å²) in [5, 5.41) is 11.8. The lowest BCUT2D eigenvalue weighted by Crippen LogP contribution is -2.50. The number of piperazine rings is 1. The zero-order valence-corrected chi connectivity index (χ0v) is 12.8. The van der Waals surface area contributed by atoms with Crippen molar-refractivity contribution in [3.05, 3.63) is 0 Å². The number of carbonyl (C=O) groups is 2. The molecule has 1 heterocycles. The van der Waals surface area contributed by atoms with Crippen LogP contribution in [-0.2, 0) is 9.59 Å². The molecular weight excluding hydrogens is 258 g/mol. The van der Waals surface area contributed by atoms with Crippen LogP contribution in [0.3, 0.4) is 0 Å². The smallest absolute Gasteiger partial charge is 0.307 e. The zero-order valence-electron chi connectivity index (χ0n) is 12.8. The normalized spacial score (nSPS) is 19.0. The molecule has 1 rings (SSSR count). The molecule has 1 fully saturated rings. The molecule has 0 aromatic heterocycles. The second-order valence-electron chi connectivity index (χ2n) is 6.01. The molecular formula is C14H27N3O3. The van der Waals surface area contributed by atoms with Crippen molar-refractivity contribution in [2.75, 3.05) is 45.8 Å². The molecule has 1 unspecified atom stereocenters. The van der Waals surface area contributed by atoms with Crippen LogP contribution in [0, 0.1) is 11.8 Å². The Morgan fingerprint density at radius 3 is 2.15 bits per heavy atom. The second-order valence-corrected chi connectivity index (χ2v) is 6.01. The molecule has 116 valence electrons. The van der Waals surface area contributed by atoms with E-state index < -0.39 is 5.97 Å². The van der Waals surface area contributed by atoms with Gasteiger partial charge in [-0.1, -0.05) is 20.8 Å². The van der Waals surface area contributed by atoms with E-state index in [9.17, 15) is 9.59 Å². The maximum Gasteiger partial charge on any atom is 0.307 e. The Morgan fingerprint density at radius 1 is 1.10 bits per heavy atom. The summed E-state index contributed by atoms with van der Waals surface area (Å²) in [6, 6.07) is 0. The summed E-state index contributed by atoms with van der Waals surface area (Å²) in [7, 11) is 0. The first-order valence-corrected chi connectivity index (χ1v) is 7.32. The van der Waals surface area contributed by atoms with Crippen molar-refractivity contribution in [2.24, 2.45) is 11.8 Å². The third kappa shape index (κ3) is 6.34. The van der Waals surface area contributed by atoms with Gasteiger partial charge < -0.3 is 10.4 Å². The van der Waals surface area contributed by atoms with Gasteiger partial charge in [0.05, 0.1) is 12.5 Å². The third-order valence-corrected chi connectivity index (χ3v) is 3.49. The lowest BCUT2D eigenvalue weighted by molar-refractivity contribution is -0.141. The van der Waals surface area contributed by atoms with Crippen molar-refractivity contribution in [3.8, 4) is 0 Å². The van der Waals surface area contributed by atoms with Crippen LogP contribution in [0.1, 0.15) is 20.8 Å². The molecule has 0 spiro atoms. The summed E-state index contributed by atoms with van der Waals surface area (Å²) in [5.41, 5.74) is 0. The molecule has 1 amide bonds. The Bertz CT molecular complexity index is 326. The van der Waals surface area contributed by atoms with Crippen molar-refractivity contribution in [3.63, 3.8) is 0 Å². The van der Waals surface area contributed by atoms with E-state index in [-0.39, 0.29) is 11.8 Å². The fourth-order valence-corrected chi connectivity index (χ4v) is 2.17. The van der Waals surface area contributed by atoms with E-state index in [2.05, 4.69) is 29.0 Å². The van der Waals surface area contributed by atoms with Gasteiger partial charge in [-0.25, -0.2) is 0 Å². The molecule has 0 saturated carbocycles. The zero-order chi connectivity index (χ0) is 15.1. The van der Waals surface area contributed by atoms with Crippen LogP contribution in [0.25, 0.3) is 0 Å². The Kier molecular flexibility index (Phi) is 6.95. The quantitative estimate of drug-likeness (QED) is 0.694. The number of hydrogen-bond acceptors (Lipinski definition) is 4. The largest absolute Gasteiger partial charge is 0.481 e. The molecule has 0 aromatic rings. The molecule has 2 N–H and O–H groups in total. The number of carbonyl (C=O) groups excluding carboxylic acids is 1. The van der Waals surface area contributed by atoms with Gasteiger partial charge in [0, 0.05) is 39.3 Å². The number of nitrogens with zero attached hydrogens (tertiary/aromatic N) is 2. The Labute approximate surface area is 121 Å². The van der Waals surface area contributed by atoms with Gasteiger partial charge >= 0.3 is 5.97 Å². The summed E-state index contributed by atoms with van der Waals surface area (Å²) in [6.45, 7) is 10.9. The summed E-state index contributed by atoms with van der Waals surface area (Å²) in [5.74, 6) is -0.546. The van der Waals surface area contributed by atoms with Crippen molar-refractivity contribution in [1.82, 2.24) is 15.1 Å². The molecule has 6 nitrogen and oxygen atoms in total. The minimum absolute atomic E-state index is 0.0751. The van der Waals surface area contributed by atoms with Crippen LogP contribution in [0.4, 0.5) is 0 Å². The van der Waals surface area contributed by atoms with Gasteiger partial charge in [-0.05, 0) is 5.92 Å². The fraction of sp³-hybridized carbons (Fsp3) is 0.857. The highest BCUT2D eigenvalue weighted by Crippen LogP contribution is 2.05. The van der Waals surface area contributed by atoms with Gasteiger partial charge in [0.2, 0.25) is 5.91 Å². The number of carboxylic acid groups (broad SMARTS) is 1. The standard InChI is InChI=1S/C14H27N3O3/c1-11(2)8-15-13(18)10-17-6-4-16(5-7-17)9-12(3)14(19)20/h11-12H,4-10H2,1-3H3,(H,15,18)(H,19,20). The number of aliphatic carboxylic acids is 1. The van der Waals surface area contributed by atoms with E-state index in [1.54, 1.807) is 6.92 Å². The van der Waals surface area contributed by atoms with Crippen molar-refractivity contribution < 1.29 is 14.7 Å². The maximum atomic E-state index is 11.7. The highest BCUT2D eigenvalue weighted by atomic mass is 16.4. The van der Waals surface area contributed by atoms with Gasteiger partial charge in [-0.2, -0.15) is 0 Å². The Hall–Kier alpha value is -1.14. The molecule has 0 bridgehead atoms.